The fourth-order valence-electron chi connectivity index (χ4n) is 8.11. The van der Waals surface area contributed by atoms with Gasteiger partial charge in [0.25, 0.3) is 0 Å². The minimum atomic E-state index is -1.09. The molecule has 2 aliphatic heterocycles. The number of anilines is 1. The lowest BCUT2D eigenvalue weighted by Crippen LogP contribution is -2.39. The van der Waals surface area contributed by atoms with Gasteiger partial charge in [-0.1, -0.05) is 44.2 Å². The van der Waals surface area contributed by atoms with Crippen molar-refractivity contribution in [3.8, 4) is 11.1 Å². The van der Waals surface area contributed by atoms with Gasteiger partial charge >= 0.3 is 5.97 Å². The summed E-state index contributed by atoms with van der Waals surface area (Å²) in [4.78, 5) is 22.9. The molecule has 0 spiro atoms. The molecule has 1 aromatic carbocycles. The number of carbonyl (C=O) groups is 1. The van der Waals surface area contributed by atoms with Crippen molar-refractivity contribution in [3.05, 3.63) is 58.4 Å². The van der Waals surface area contributed by atoms with Crippen LogP contribution in [0.2, 0.25) is 0 Å². The lowest BCUT2D eigenvalue weighted by Gasteiger charge is -2.41. The van der Waals surface area contributed by atoms with E-state index in [1.54, 1.807) is 0 Å². The van der Waals surface area contributed by atoms with E-state index in [2.05, 4.69) is 60.9 Å². The molecule has 1 saturated heterocycles. The number of hydrogen-bond donors (Lipinski definition) is 1. The highest BCUT2D eigenvalue weighted by Gasteiger charge is 2.38. The van der Waals surface area contributed by atoms with E-state index >= 15 is 0 Å². The molecule has 1 N–H and O–H groups in total. The van der Waals surface area contributed by atoms with E-state index in [-0.39, 0.29) is 5.41 Å². The molecule has 1 saturated carbocycles. The average Bonchev–Trinajstić information content (AvgIpc) is 3.54. The first-order valence-electron chi connectivity index (χ1n) is 16.5. The van der Waals surface area contributed by atoms with Crippen LogP contribution in [0.15, 0.2) is 30.4 Å². The number of aliphatic carboxylic acids is 1. The predicted octanol–water partition coefficient (Wildman–Crippen LogP) is 7.50. The summed E-state index contributed by atoms with van der Waals surface area (Å²) >= 11 is 0. The van der Waals surface area contributed by atoms with Crippen LogP contribution in [0, 0.1) is 37.0 Å². The smallest absolute Gasteiger partial charge is 0.337 e. The first-order valence-corrected chi connectivity index (χ1v) is 16.5. The summed E-state index contributed by atoms with van der Waals surface area (Å²) in [6, 6.07) is 6.94. The number of aryl methyl sites for hydroxylation is 2. The van der Waals surface area contributed by atoms with Crippen LogP contribution < -0.4 is 4.90 Å². The van der Waals surface area contributed by atoms with Crippen LogP contribution in [-0.2, 0) is 22.5 Å². The minimum Gasteiger partial charge on any atom is -0.479 e. The SMILES string of the molecule is Cc1nc(C)c(C(OC(C)(C)C)C(=O)O)c(N2CCC(C)(C)CC2)c1-c1ccc2c(c1)CCN(C[C@H]1C[C@@H]3C=C[C@H]1C3)C2. The summed E-state index contributed by atoms with van der Waals surface area (Å²) in [5.74, 6) is 1.45. The third-order valence-corrected chi connectivity index (χ3v) is 10.5. The maximum absolute atomic E-state index is 12.8. The molecule has 6 rings (SSSR count). The summed E-state index contributed by atoms with van der Waals surface area (Å²) in [6.45, 7) is 19.5. The molecule has 2 fully saturated rings. The van der Waals surface area contributed by atoms with Gasteiger partial charge in [0.05, 0.1) is 11.3 Å². The van der Waals surface area contributed by atoms with Gasteiger partial charge in [0.15, 0.2) is 6.10 Å². The molecule has 2 bridgehead atoms. The van der Waals surface area contributed by atoms with E-state index in [1.807, 2.05) is 27.7 Å². The summed E-state index contributed by atoms with van der Waals surface area (Å²) in [5.41, 5.74) is 8.07. The van der Waals surface area contributed by atoms with Gasteiger partial charge in [-0.15, -0.1) is 0 Å². The number of piperidine rings is 1. The molecule has 2 aliphatic carbocycles. The standard InChI is InChI=1S/C37H51N3O3/c1-23-31(28-10-11-29-21-39(15-12-27(29)20-28)22-30-19-25-8-9-26(30)18-25)33(40-16-13-37(6,7)14-17-40)32(24(2)38-23)34(35(41)42)43-36(3,4)5/h8-11,20,25-26,30,34H,12-19,21-22H2,1-7H3,(H,41,42)/t25-,26+,30-,34?/m1/s1. The van der Waals surface area contributed by atoms with Gasteiger partial charge in [-0.3, -0.25) is 9.88 Å². The quantitative estimate of drug-likeness (QED) is 0.340. The Morgan fingerprint density at radius 1 is 1.07 bits per heavy atom. The summed E-state index contributed by atoms with van der Waals surface area (Å²) < 4.78 is 6.27. The molecule has 3 heterocycles. The second-order valence-corrected chi connectivity index (χ2v) is 15.5. The number of fused-ring (bicyclic) bond motifs is 3. The van der Waals surface area contributed by atoms with E-state index in [9.17, 15) is 9.90 Å². The van der Waals surface area contributed by atoms with Gasteiger partial charge in [0.2, 0.25) is 0 Å². The van der Waals surface area contributed by atoms with Gasteiger partial charge in [-0.2, -0.15) is 0 Å². The molecule has 4 aliphatic rings. The zero-order chi connectivity index (χ0) is 30.7. The van der Waals surface area contributed by atoms with Gasteiger partial charge in [0, 0.05) is 55.2 Å². The van der Waals surface area contributed by atoms with Crippen molar-refractivity contribution in [2.45, 2.75) is 98.8 Å². The molecule has 232 valence electrons. The summed E-state index contributed by atoms with van der Waals surface area (Å²) in [5, 5.41) is 10.5. The zero-order valence-corrected chi connectivity index (χ0v) is 27.4. The maximum atomic E-state index is 12.8. The van der Waals surface area contributed by atoms with Crippen molar-refractivity contribution >= 4 is 11.7 Å². The first-order chi connectivity index (χ1) is 20.3. The highest BCUT2D eigenvalue weighted by molar-refractivity contribution is 5.88. The number of hydrogen-bond acceptors (Lipinski definition) is 5. The Kier molecular flexibility index (Phi) is 8.00. The number of aromatic nitrogens is 1. The van der Waals surface area contributed by atoms with Gasteiger partial charge in [-0.05, 0) is 107 Å². The Balaban J connectivity index is 1.37. The first kappa shape index (κ1) is 30.3. The Labute approximate surface area is 258 Å². The fraction of sp³-hybridized carbons (Fsp3) is 0.622. The summed E-state index contributed by atoms with van der Waals surface area (Å²) in [7, 11) is 0. The van der Waals surface area contributed by atoms with Crippen molar-refractivity contribution in [3.63, 3.8) is 0 Å². The summed E-state index contributed by atoms with van der Waals surface area (Å²) in [6.07, 6.45) is 9.70. The van der Waals surface area contributed by atoms with Crippen LogP contribution in [-0.4, -0.2) is 52.7 Å². The van der Waals surface area contributed by atoms with Crippen LogP contribution in [0.25, 0.3) is 11.1 Å². The molecule has 6 nitrogen and oxygen atoms in total. The fourth-order valence-corrected chi connectivity index (χ4v) is 8.11. The lowest BCUT2D eigenvalue weighted by molar-refractivity contribution is -0.160. The van der Waals surface area contributed by atoms with E-state index in [0.717, 1.165) is 91.4 Å². The third kappa shape index (κ3) is 6.28. The van der Waals surface area contributed by atoms with Crippen LogP contribution >= 0.6 is 0 Å². The van der Waals surface area contributed by atoms with Crippen LogP contribution in [0.1, 0.15) is 94.5 Å². The highest BCUT2D eigenvalue weighted by Crippen LogP contribution is 2.46. The van der Waals surface area contributed by atoms with E-state index in [4.69, 9.17) is 9.72 Å². The Morgan fingerprint density at radius 3 is 2.44 bits per heavy atom. The average molecular weight is 586 g/mol. The number of nitrogens with zero attached hydrogens (tertiary/aromatic N) is 3. The monoisotopic (exact) mass is 585 g/mol. The Morgan fingerprint density at radius 2 is 1.81 bits per heavy atom. The molecule has 6 heteroatoms. The largest absolute Gasteiger partial charge is 0.479 e. The zero-order valence-electron chi connectivity index (χ0n) is 27.4. The molecule has 1 unspecified atom stereocenters. The topological polar surface area (TPSA) is 65.9 Å². The predicted molar refractivity (Wildman–Crippen MR) is 173 cm³/mol. The Bertz CT molecular complexity index is 1410. The number of ether oxygens (including phenoxy) is 1. The number of allylic oxidation sites excluding steroid dienone is 2. The minimum absolute atomic E-state index is 0.272. The Hall–Kier alpha value is -2.70. The van der Waals surface area contributed by atoms with E-state index in [1.165, 1.54) is 30.5 Å². The molecule has 1 aromatic heterocycles. The number of pyridine rings is 1. The van der Waals surface area contributed by atoms with Crippen LogP contribution in [0.4, 0.5) is 5.69 Å². The number of rotatable bonds is 7. The third-order valence-electron chi connectivity index (χ3n) is 10.5. The molecule has 2 aromatic rings. The van der Waals surface area contributed by atoms with Crippen molar-refractivity contribution < 1.29 is 14.6 Å². The second-order valence-electron chi connectivity index (χ2n) is 15.5. The highest BCUT2D eigenvalue weighted by atomic mass is 16.5. The molecule has 0 radical (unpaired) electrons. The number of carboxylic acid groups (broad SMARTS) is 1. The van der Waals surface area contributed by atoms with E-state index < -0.39 is 17.7 Å². The molecular formula is C37H51N3O3. The van der Waals surface area contributed by atoms with Crippen molar-refractivity contribution in [2.24, 2.45) is 23.2 Å². The van der Waals surface area contributed by atoms with Crippen molar-refractivity contribution in [1.29, 1.82) is 0 Å². The van der Waals surface area contributed by atoms with Gasteiger partial charge in [0.1, 0.15) is 0 Å². The molecule has 0 amide bonds. The number of benzene rings is 1. The van der Waals surface area contributed by atoms with Crippen molar-refractivity contribution in [1.82, 2.24) is 9.88 Å². The molecule has 4 atom stereocenters. The number of carboxylic acids is 1. The van der Waals surface area contributed by atoms with Crippen molar-refractivity contribution in [2.75, 3.05) is 31.1 Å². The lowest BCUT2D eigenvalue weighted by atomic mass is 9.81. The van der Waals surface area contributed by atoms with Gasteiger partial charge < -0.3 is 14.7 Å². The maximum Gasteiger partial charge on any atom is 0.337 e. The van der Waals surface area contributed by atoms with Crippen LogP contribution in [0.3, 0.4) is 0 Å². The van der Waals surface area contributed by atoms with Crippen LogP contribution in [0.5, 0.6) is 0 Å². The molecule has 43 heavy (non-hydrogen) atoms. The molecular weight excluding hydrogens is 534 g/mol. The van der Waals surface area contributed by atoms with E-state index in [0.29, 0.717) is 5.56 Å². The normalized spacial score (nSPS) is 25.7. The second kappa shape index (κ2) is 11.3. The van der Waals surface area contributed by atoms with Gasteiger partial charge in [-0.25, -0.2) is 4.79 Å².